The van der Waals surface area contributed by atoms with Gasteiger partial charge in [-0.25, -0.2) is 8.78 Å². The third-order valence-electron chi connectivity index (χ3n) is 6.23. The average Bonchev–Trinajstić information content (AvgIpc) is 2.76. The van der Waals surface area contributed by atoms with Crippen LogP contribution >= 0.6 is 0 Å². The van der Waals surface area contributed by atoms with Gasteiger partial charge in [0.1, 0.15) is 5.76 Å². The van der Waals surface area contributed by atoms with E-state index in [1.165, 1.54) is 39.7 Å². The molecule has 0 aromatic rings. The number of hydrogen-bond acceptors (Lipinski definition) is 3. The maximum atomic E-state index is 14.5. The number of unbranched alkanes of at least 4 members (excludes halogenated alkanes) is 2. The third kappa shape index (κ3) is 9.47. The van der Waals surface area contributed by atoms with Crippen LogP contribution in [0.2, 0.25) is 0 Å². The van der Waals surface area contributed by atoms with Gasteiger partial charge in [0.2, 0.25) is 0 Å². The molecule has 0 aliphatic carbocycles. The Labute approximate surface area is 183 Å². The minimum absolute atomic E-state index is 0.0188. The Hall–Kier alpha value is -0.940. The molecular weight excluding hydrogens is 386 g/mol. The normalized spacial score (nSPS) is 23.5. The second kappa shape index (κ2) is 15.0. The number of ether oxygens (including phenoxy) is 3. The summed E-state index contributed by atoms with van der Waals surface area (Å²) in [4.78, 5) is 0. The van der Waals surface area contributed by atoms with Gasteiger partial charge in [-0.3, -0.25) is 0 Å². The van der Waals surface area contributed by atoms with E-state index in [1.807, 2.05) is 13.8 Å². The number of allylic oxidation sites excluding steroid dienone is 4. The van der Waals surface area contributed by atoms with Crippen LogP contribution < -0.4 is 0 Å². The summed E-state index contributed by atoms with van der Waals surface area (Å²) in [6.07, 6.45) is 9.90. The van der Waals surface area contributed by atoms with E-state index >= 15 is 0 Å². The summed E-state index contributed by atoms with van der Waals surface area (Å²) in [5, 5.41) is 0. The van der Waals surface area contributed by atoms with Crippen LogP contribution in [0.1, 0.15) is 92.4 Å². The Balaban J connectivity index is 2.38. The predicted molar refractivity (Wildman–Crippen MR) is 120 cm³/mol. The summed E-state index contributed by atoms with van der Waals surface area (Å²) in [6, 6.07) is 0. The summed E-state index contributed by atoms with van der Waals surface area (Å²) < 4.78 is 45.5. The largest absolute Gasteiger partial charge is 0.498 e. The first-order valence-corrected chi connectivity index (χ1v) is 11.9. The van der Waals surface area contributed by atoms with E-state index in [2.05, 4.69) is 13.8 Å². The number of halogens is 2. The number of hydrogen-bond donors (Lipinski definition) is 0. The lowest BCUT2D eigenvalue weighted by atomic mass is 9.90. The topological polar surface area (TPSA) is 27.7 Å². The molecule has 1 aliphatic heterocycles. The van der Waals surface area contributed by atoms with Crippen molar-refractivity contribution in [3.8, 4) is 0 Å². The Kier molecular flexibility index (Phi) is 13.5. The van der Waals surface area contributed by atoms with Crippen LogP contribution in [-0.2, 0) is 14.2 Å². The second-order valence-corrected chi connectivity index (χ2v) is 8.83. The minimum atomic E-state index is -0.886. The standard InChI is InChI=1S/C25H44F2O3/c1-7-9-10-11-21-14-15-22(17-30-21)29-16-18(3)12-13-19(4)23(8-2)25(27)24(26)20(5)28-6/h18-19,21-22H,7-17H2,1-6H3/b24-20-,25-23-. The minimum Gasteiger partial charge on any atom is -0.498 e. The Morgan fingerprint density at radius 1 is 1.07 bits per heavy atom. The zero-order valence-corrected chi connectivity index (χ0v) is 20.1. The van der Waals surface area contributed by atoms with Gasteiger partial charge in [0.15, 0.2) is 11.7 Å². The molecule has 1 aliphatic rings. The highest BCUT2D eigenvalue weighted by Gasteiger charge is 2.23. The molecule has 1 saturated heterocycles. The molecule has 30 heavy (non-hydrogen) atoms. The van der Waals surface area contributed by atoms with E-state index in [0.29, 0.717) is 37.2 Å². The van der Waals surface area contributed by atoms with E-state index in [9.17, 15) is 8.78 Å². The fourth-order valence-electron chi connectivity index (χ4n) is 3.96. The van der Waals surface area contributed by atoms with E-state index < -0.39 is 11.7 Å². The molecule has 0 spiro atoms. The first kappa shape index (κ1) is 27.1. The van der Waals surface area contributed by atoms with Gasteiger partial charge in [0, 0.05) is 6.61 Å². The van der Waals surface area contributed by atoms with E-state index in [-0.39, 0.29) is 17.8 Å². The first-order chi connectivity index (χ1) is 14.3. The highest BCUT2D eigenvalue weighted by atomic mass is 19.2. The maximum Gasteiger partial charge on any atom is 0.195 e. The van der Waals surface area contributed by atoms with Crippen molar-refractivity contribution < 1.29 is 23.0 Å². The van der Waals surface area contributed by atoms with Crippen molar-refractivity contribution in [3.05, 3.63) is 23.0 Å². The van der Waals surface area contributed by atoms with Crippen molar-refractivity contribution in [1.82, 2.24) is 0 Å². The summed E-state index contributed by atoms with van der Waals surface area (Å²) in [6.45, 7) is 11.0. The molecule has 176 valence electrons. The Morgan fingerprint density at radius 2 is 1.80 bits per heavy atom. The monoisotopic (exact) mass is 430 g/mol. The second-order valence-electron chi connectivity index (χ2n) is 8.83. The zero-order valence-electron chi connectivity index (χ0n) is 20.1. The average molecular weight is 431 g/mol. The fraction of sp³-hybridized carbons (Fsp3) is 0.840. The van der Waals surface area contributed by atoms with Gasteiger partial charge in [-0.1, -0.05) is 47.0 Å². The molecular formula is C25H44F2O3. The van der Waals surface area contributed by atoms with Gasteiger partial charge in [-0.2, -0.15) is 0 Å². The Bertz CT molecular complexity index is 537. The fourth-order valence-corrected chi connectivity index (χ4v) is 3.96. The molecule has 5 heteroatoms. The molecule has 0 saturated carbocycles. The lowest BCUT2D eigenvalue weighted by Crippen LogP contribution is -2.32. The van der Waals surface area contributed by atoms with E-state index in [1.54, 1.807) is 0 Å². The van der Waals surface area contributed by atoms with Crippen LogP contribution in [0.5, 0.6) is 0 Å². The molecule has 1 rings (SSSR count). The summed E-state index contributed by atoms with van der Waals surface area (Å²) in [5.74, 6) is -1.31. The molecule has 0 N–H and O–H groups in total. The molecule has 1 heterocycles. The molecule has 0 radical (unpaired) electrons. The lowest BCUT2D eigenvalue weighted by Gasteiger charge is -2.30. The van der Waals surface area contributed by atoms with Crippen molar-refractivity contribution in [3.63, 3.8) is 0 Å². The van der Waals surface area contributed by atoms with Gasteiger partial charge in [-0.15, -0.1) is 0 Å². The predicted octanol–water partition coefficient (Wildman–Crippen LogP) is 7.66. The van der Waals surface area contributed by atoms with Crippen molar-refractivity contribution in [2.24, 2.45) is 11.8 Å². The van der Waals surface area contributed by atoms with Crippen LogP contribution in [0.15, 0.2) is 23.0 Å². The summed E-state index contributed by atoms with van der Waals surface area (Å²) in [7, 11) is 1.35. The molecule has 4 atom stereocenters. The van der Waals surface area contributed by atoms with Crippen LogP contribution in [0.25, 0.3) is 0 Å². The van der Waals surface area contributed by atoms with Crippen LogP contribution in [0.3, 0.4) is 0 Å². The number of rotatable bonds is 14. The molecule has 3 nitrogen and oxygen atoms in total. The van der Waals surface area contributed by atoms with Gasteiger partial charge >= 0.3 is 0 Å². The van der Waals surface area contributed by atoms with Crippen LogP contribution in [0, 0.1) is 11.8 Å². The molecule has 1 fully saturated rings. The van der Waals surface area contributed by atoms with Crippen molar-refractivity contribution in [2.75, 3.05) is 20.3 Å². The smallest absolute Gasteiger partial charge is 0.195 e. The van der Waals surface area contributed by atoms with E-state index in [0.717, 1.165) is 25.7 Å². The zero-order chi connectivity index (χ0) is 22.5. The molecule has 0 aromatic carbocycles. The van der Waals surface area contributed by atoms with Crippen molar-refractivity contribution in [1.29, 1.82) is 0 Å². The Morgan fingerprint density at radius 3 is 2.37 bits per heavy atom. The summed E-state index contributed by atoms with van der Waals surface area (Å²) >= 11 is 0. The highest BCUT2D eigenvalue weighted by molar-refractivity contribution is 5.28. The molecule has 0 bridgehead atoms. The third-order valence-corrected chi connectivity index (χ3v) is 6.23. The van der Waals surface area contributed by atoms with Crippen LogP contribution in [-0.4, -0.2) is 32.5 Å². The molecule has 0 aromatic heterocycles. The van der Waals surface area contributed by atoms with Crippen molar-refractivity contribution in [2.45, 2.75) is 105 Å². The molecule has 4 unspecified atom stereocenters. The number of methoxy groups -OCH3 is 1. The van der Waals surface area contributed by atoms with Gasteiger partial charge < -0.3 is 14.2 Å². The quantitative estimate of drug-likeness (QED) is 0.161. The SMILES string of the molecule is CCCCCC1CCC(OCC(C)CCC(C)/C(CC)=C(F)/C(F)=C(\C)OC)CO1. The lowest BCUT2D eigenvalue weighted by molar-refractivity contribution is -0.0937. The van der Waals surface area contributed by atoms with Gasteiger partial charge in [0.05, 0.1) is 25.9 Å². The van der Waals surface area contributed by atoms with E-state index in [4.69, 9.17) is 14.2 Å². The van der Waals surface area contributed by atoms with Gasteiger partial charge in [0.25, 0.3) is 0 Å². The first-order valence-electron chi connectivity index (χ1n) is 11.9. The van der Waals surface area contributed by atoms with Crippen molar-refractivity contribution >= 4 is 0 Å². The summed E-state index contributed by atoms with van der Waals surface area (Å²) in [5.41, 5.74) is 0.520. The van der Waals surface area contributed by atoms with Gasteiger partial charge in [-0.05, 0) is 62.9 Å². The molecule has 0 amide bonds. The maximum absolute atomic E-state index is 14.5. The van der Waals surface area contributed by atoms with Crippen LogP contribution in [0.4, 0.5) is 8.78 Å². The highest BCUT2D eigenvalue weighted by Crippen LogP contribution is 2.31.